The average molecular weight is 462 g/mol. The molecule has 0 fully saturated rings. The lowest BCUT2D eigenvalue weighted by atomic mass is 10.0. The van der Waals surface area contributed by atoms with Gasteiger partial charge in [-0.05, 0) is 49.1 Å². The maximum absolute atomic E-state index is 13.8. The van der Waals surface area contributed by atoms with E-state index in [0.717, 1.165) is 40.8 Å². The van der Waals surface area contributed by atoms with Crippen LogP contribution < -0.4 is 15.9 Å². The van der Waals surface area contributed by atoms with Crippen LogP contribution in [0.2, 0.25) is 0 Å². The first-order valence-electron chi connectivity index (χ1n) is 10.0. The molecule has 0 aliphatic carbocycles. The van der Waals surface area contributed by atoms with Gasteiger partial charge in [-0.1, -0.05) is 37.7 Å². The number of rotatable bonds is 8. The van der Waals surface area contributed by atoms with Gasteiger partial charge in [-0.15, -0.1) is 10.2 Å². The monoisotopic (exact) mass is 461 g/mol. The zero-order valence-electron chi connectivity index (χ0n) is 18.2. The van der Waals surface area contributed by atoms with Crippen molar-refractivity contribution in [2.45, 2.75) is 50.6 Å². The summed E-state index contributed by atoms with van der Waals surface area (Å²) in [4.78, 5) is 12.4. The van der Waals surface area contributed by atoms with Crippen LogP contribution in [0, 0.1) is 18.6 Å². The molecule has 170 valence electrons. The summed E-state index contributed by atoms with van der Waals surface area (Å²) in [5.41, 5.74) is 2.05. The van der Waals surface area contributed by atoms with Gasteiger partial charge in [0, 0.05) is 6.07 Å². The van der Waals surface area contributed by atoms with Crippen LogP contribution in [0.5, 0.6) is 5.75 Å². The van der Waals surface area contributed by atoms with Gasteiger partial charge in [-0.3, -0.25) is 4.79 Å². The van der Waals surface area contributed by atoms with Crippen molar-refractivity contribution in [3.8, 4) is 5.75 Å². The third-order valence-electron chi connectivity index (χ3n) is 4.72. The summed E-state index contributed by atoms with van der Waals surface area (Å²) < 4.78 is 34.0. The molecular formula is C22H25F2N5O2S. The zero-order chi connectivity index (χ0) is 23.4. The van der Waals surface area contributed by atoms with Gasteiger partial charge in [0.1, 0.15) is 24.0 Å². The summed E-state index contributed by atoms with van der Waals surface area (Å²) in [6.07, 6.45) is 0. The second-order valence-corrected chi connectivity index (χ2v) is 8.93. The number of hydrogen-bond acceptors (Lipinski definition) is 6. The lowest BCUT2D eigenvalue weighted by Crippen LogP contribution is -2.24. The highest BCUT2D eigenvalue weighted by Gasteiger charge is 2.21. The van der Waals surface area contributed by atoms with E-state index in [1.54, 1.807) is 6.92 Å². The fourth-order valence-electron chi connectivity index (χ4n) is 2.91. The lowest BCUT2D eigenvalue weighted by molar-refractivity contribution is -0.115. The molecule has 0 bridgehead atoms. The molecule has 1 atom stereocenters. The summed E-state index contributed by atoms with van der Waals surface area (Å²) in [6.45, 7) is 7.88. The van der Waals surface area contributed by atoms with Crippen LogP contribution in [0.15, 0.2) is 41.6 Å². The Morgan fingerprint density at radius 3 is 2.62 bits per heavy atom. The number of aryl methyl sites for hydroxylation is 1. The van der Waals surface area contributed by atoms with Crippen molar-refractivity contribution in [2.75, 3.05) is 11.2 Å². The summed E-state index contributed by atoms with van der Waals surface area (Å²) in [5, 5.41) is 10.2. The molecule has 1 heterocycles. The van der Waals surface area contributed by atoms with Gasteiger partial charge in [-0.25, -0.2) is 13.5 Å². The fourth-order valence-corrected chi connectivity index (χ4v) is 3.70. The van der Waals surface area contributed by atoms with Crippen molar-refractivity contribution in [1.82, 2.24) is 14.9 Å². The molecule has 3 N–H and O–H groups in total. The van der Waals surface area contributed by atoms with Gasteiger partial charge in [0.25, 0.3) is 0 Å². The minimum absolute atomic E-state index is 0.105. The van der Waals surface area contributed by atoms with Gasteiger partial charge in [0.15, 0.2) is 5.82 Å². The second-order valence-electron chi connectivity index (χ2n) is 7.63. The average Bonchev–Trinajstić information content (AvgIpc) is 3.07. The van der Waals surface area contributed by atoms with E-state index < -0.39 is 22.8 Å². The molecule has 3 rings (SSSR count). The number of ether oxygens (including phenoxy) is 1. The molecule has 0 radical (unpaired) electrons. The molecule has 32 heavy (non-hydrogen) atoms. The van der Waals surface area contributed by atoms with Gasteiger partial charge >= 0.3 is 0 Å². The number of hydrogen-bond donors (Lipinski definition) is 2. The van der Waals surface area contributed by atoms with Crippen molar-refractivity contribution >= 4 is 23.4 Å². The summed E-state index contributed by atoms with van der Waals surface area (Å²) in [7, 11) is 0. The predicted octanol–water partition coefficient (Wildman–Crippen LogP) is 4.40. The van der Waals surface area contributed by atoms with E-state index in [-0.39, 0.29) is 18.2 Å². The molecule has 1 amide bonds. The number of nitrogens with zero attached hydrogens (tertiary/aromatic N) is 3. The van der Waals surface area contributed by atoms with Gasteiger partial charge < -0.3 is 15.9 Å². The molecule has 0 aliphatic heterocycles. The predicted molar refractivity (Wildman–Crippen MR) is 120 cm³/mol. The Morgan fingerprint density at radius 2 is 1.94 bits per heavy atom. The van der Waals surface area contributed by atoms with Gasteiger partial charge in [-0.2, -0.15) is 0 Å². The van der Waals surface area contributed by atoms with Crippen molar-refractivity contribution in [1.29, 1.82) is 0 Å². The smallest absolute Gasteiger partial charge is 0.237 e. The van der Waals surface area contributed by atoms with E-state index in [2.05, 4.69) is 29.4 Å². The maximum Gasteiger partial charge on any atom is 0.237 e. The quantitative estimate of drug-likeness (QED) is 0.381. The highest BCUT2D eigenvalue weighted by atomic mass is 32.2. The largest absolute Gasteiger partial charge is 0.485 e. The number of amides is 1. The number of nitrogens with two attached hydrogens (primary N) is 1. The Hall–Kier alpha value is -3.14. The topological polar surface area (TPSA) is 95.1 Å². The van der Waals surface area contributed by atoms with Crippen LogP contribution >= 0.6 is 11.8 Å². The number of aromatic nitrogens is 3. The molecule has 0 saturated heterocycles. The van der Waals surface area contributed by atoms with E-state index in [0.29, 0.717) is 17.0 Å². The van der Waals surface area contributed by atoms with Crippen LogP contribution in [-0.4, -0.2) is 26.0 Å². The number of nitrogens with one attached hydrogen (secondary N) is 1. The van der Waals surface area contributed by atoms with Crippen LogP contribution in [0.25, 0.3) is 0 Å². The third-order valence-corrected chi connectivity index (χ3v) is 5.78. The zero-order valence-corrected chi connectivity index (χ0v) is 19.0. The number of carbonyl (C=O) groups excluding carboxylic acids is 1. The first-order chi connectivity index (χ1) is 15.2. The van der Waals surface area contributed by atoms with Crippen LogP contribution in [-0.2, 0) is 11.4 Å². The molecule has 10 heteroatoms. The van der Waals surface area contributed by atoms with E-state index >= 15 is 0 Å². The van der Waals surface area contributed by atoms with Crippen LogP contribution in [0.4, 0.5) is 14.5 Å². The number of benzene rings is 2. The SMILES string of the molecule is Cc1ccc(C(C)C)c(OCc2nnc(SC(C)C(=O)Nc3ccc(F)cc3F)n2N)c1. The van der Waals surface area contributed by atoms with Gasteiger partial charge in [0.05, 0.1) is 10.9 Å². The molecular weight excluding hydrogens is 436 g/mol. The summed E-state index contributed by atoms with van der Waals surface area (Å²) in [5.74, 6) is 5.47. The van der Waals surface area contributed by atoms with Crippen molar-refractivity contribution in [3.63, 3.8) is 0 Å². The number of halogens is 2. The molecule has 2 aromatic carbocycles. The highest BCUT2D eigenvalue weighted by molar-refractivity contribution is 8.00. The molecule has 3 aromatic rings. The van der Waals surface area contributed by atoms with Crippen molar-refractivity contribution in [2.24, 2.45) is 0 Å². The van der Waals surface area contributed by atoms with E-state index in [1.165, 1.54) is 4.68 Å². The Morgan fingerprint density at radius 1 is 1.19 bits per heavy atom. The normalized spacial score (nSPS) is 12.1. The van der Waals surface area contributed by atoms with Crippen LogP contribution in [0.1, 0.15) is 43.6 Å². The first-order valence-corrected chi connectivity index (χ1v) is 10.9. The molecule has 1 unspecified atom stereocenters. The molecule has 0 aliphatic rings. The van der Waals surface area contributed by atoms with Crippen molar-refractivity contribution < 1.29 is 18.3 Å². The minimum atomic E-state index is -0.853. The molecule has 7 nitrogen and oxygen atoms in total. The van der Waals surface area contributed by atoms with Gasteiger partial charge in [0.2, 0.25) is 11.1 Å². The Bertz CT molecular complexity index is 1120. The Balaban J connectivity index is 1.64. The Labute approximate surface area is 189 Å². The highest BCUT2D eigenvalue weighted by Crippen LogP contribution is 2.28. The molecule has 0 spiro atoms. The number of thioether (sulfide) groups is 1. The Kier molecular flexibility index (Phi) is 7.34. The van der Waals surface area contributed by atoms with Crippen molar-refractivity contribution in [3.05, 3.63) is 65.0 Å². The third kappa shape index (κ3) is 5.56. The lowest BCUT2D eigenvalue weighted by Gasteiger charge is -2.15. The molecule has 1 aromatic heterocycles. The number of nitrogen functional groups attached to an aromatic ring is 1. The fraction of sp³-hybridized carbons (Fsp3) is 0.318. The number of anilines is 1. The van der Waals surface area contributed by atoms with E-state index in [9.17, 15) is 13.6 Å². The number of carbonyl (C=O) groups is 1. The minimum Gasteiger partial charge on any atom is -0.485 e. The first kappa shape index (κ1) is 23.5. The summed E-state index contributed by atoms with van der Waals surface area (Å²) >= 11 is 1.06. The molecule has 0 saturated carbocycles. The van der Waals surface area contributed by atoms with E-state index in [4.69, 9.17) is 10.6 Å². The second kappa shape index (κ2) is 9.99. The standard InChI is InChI=1S/C22H25F2N5O2S/c1-12(2)16-7-5-13(3)9-19(16)31-11-20-27-28-22(29(20)25)32-14(4)21(30)26-18-8-6-15(23)10-17(18)24/h5-10,12,14H,11,25H2,1-4H3,(H,26,30). The van der Waals surface area contributed by atoms with E-state index in [1.807, 2.05) is 25.1 Å². The van der Waals surface area contributed by atoms with Crippen LogP contribution in [0.3, 0.4) is 0 Å². The maximum atomic E-state index is 13.8. The summed E-state index contributed by atoms with van der Waals surface area (Å²) in [6, 6.07) is 8.97.